The van der Waals surface area contributed by atoms with Crippen molar-refractivity contribution in [2.45, 2.75) is 38.7 Å². The van der Waals surface area contributed by atoms with Gasteiger partial charge < -0.3 is 15.1 Å². The van der Waals surface area contributed by atoms with Crippen molar-refractivity contribution in [3.63, 3.8) is 0 Å². The second-order valence-corrected chi connectivity index (χ2v) is 5.17. The largest absolute Gasteiger partial charge is 0.481 e. The molecule has 5 heteroatoms. The van der Waals surface area contributed by atoms with Gasteiger partial charge in [-0.05, 0) is 24.7 Å². The molecule has 0 aliphatic heterocycles. The van der Waals surface area contributed by atoms with Gasteiger partial charge in [0.2, 0.25) is 5.91 Å². The van der Waals surface area contributed by atoms with E-state index in [1.165, 1.54) is 0 Å². The molecule has 1 atom stereocenters. The average Bonchev–Trinajstić information content (AvgIpc) is 2.13. The smallest absolute Gasteiger partial charge is 0.303 e. The number of aliphatic carboxylic acids is 1. The van der Waals surface area contributed by atoms with Gasteiger partial charge in [0.05, 0.1) is 6.10 Å². The van der Waals surface area contributed by atoms with Gasteiger partial charge in [-0.3, -0.25) is 9.59 Å². The fraction of sp³-hybridized carbons (Fsp3) is 0.833. The molecule has 0 bridgehead atoms. The third-order valence-corrected chi connectivity index (χ3v) is 3.21. The van der Waals surface area contributed by atoms with Crippen LogP contribution in [0.25, 0.3) is 0 Å². The molecule has 1 amide bonds. The van der Waals surface area contributed by atoms with Crippen LogP contribution in [-0.4, -0.2) is 46.7 Å². The maximum Gasteiger partial charge on any atom is 0.303 e. The third kappa shape index (κ3) is 4.73. The fourth-order valence-electron chi connectivity index (χ4n) is 2.16. The summed E-state index contributed by atoms with van der Waals surface area (Å²) >= 11 is 0. The molecule has 1 fully saturated rings. The Morgan fingerprint density at radius 2 is 1.94 bits per heavy atom. The van der Waals surface area contributed by atoms with E-state index in [-0.39, 0.29) is 30.8 Å². The minimum absolute atomic E-state index is 0.0138. The molecule has 1 aliphatic rings. The van der Waals surface area contributed by atoms with Crippen LogP contribution in [0.2, 0.25) is 0 Å². The summed E-state index contributed by atoms with van der Waals surface area (Å²) in [5.74, 6) is -0.613. The summed E-state index contributed by atoms with van der Waals surface area (Å²) in [7, 11) is 1.74. The number of carboxylic acid groups (broad SMARTS) is 1. The Morgan fingerprint density at radius 1 is 1.35 bits per heavy atom. The lowest BCUT2D eigenvalue weighted by Crippen LogP contribution is -2.39. The average molecular weight is 243 g/mol. The lowest BCUT2D eigenvalue weighted by Gasteiger charge is -2.34. The molecule has 2 N–H and O–H groups in total. The summed E-state index contributed by atoms with van der Waals surface area (Å²) in [6.07, 6.45) is 1.64. The van der Waals surface area contributed by atoms with Gasteiger partial charge in [0, 0.05) is 26.4 Å². The number of aliphatic hydroxyl groups is 1. The summed E-state index contributed by atoms with van der Waals surface area (Å²) in [5, 5.41) is 17.8. The van der Waals surface area contributed by atoms with Crippen LogP contribution in [0.1, 0.15) is 32.6 Å². The molecule has 0 saturated heterocycles. The van der Waals surface area contributed by atoms with E-state index in [1.54, 1.807) is 18.9 Å². The van der Waals surface area contributed by atoms with E-state index in [2.05, 4.69) is 0 Å². The highest BCUT2D eigenvalue weighted by molar-refractivity contribution is 5.77. The first-order valence-electron chi connectivity index (χ1n) is 6.02. The maximum absolute atomic E-state index is 11.8. The zero-order chi connectivity index (χ0) is 13.0. The molecule has 0 aromatic rings. The summed E-state index contributed by atoms with van der Waals surface area (Å²) < 4.78 is 0. The van der Waals surface area contributed by atoms with E-state index in [1.807, 2.05) is 0 Å². The van der Waals surface area contributed by atoms with Crippen LogP contribution in [0.3, 0.4) is 0 Å². The molecule has 1 unspecified atom stereocenters. The van der Waals surface area contributed by atoms with E-state index < -0.39 is 5.97 Å². The van der Waals surface area contributed by atoms with E-state index in [0.717, 1.165) is 12.8 Å². The highest BCUT2D eigenvalue weighted by atomic mass is 16.4. The number of hydrogen-bond donors (Lipinski definition) is 2. The number of hydrogen-bond acceptors (Lipinski definition) is 3. The summed E-state index contributed by atoms with van der Waals surface area (Å²) in [6.45, 7) is 2.43. The van der Waals surface area contributed by atoms with E-state index >= 15 is 0 Å². The first-order valence-corrected chi connectivity index (χ1v) is 6.02. The molecular weight excluding hydrogens is 222 g/mol. The van der Waals surface area contributed by atoms with Gasteiger partial charge in [0.25, 0.3) is 0 Å². The number of carbonyl (C=O) groups is 2. The van der Waals surface area contributed by atoms with Gasteiger partial charge in [-0.2, -0.15) is 0 Å². The van der Waals surface area contributed by atoms with Gasteiger partial charge in [-0.1, -0.05) is 6.92 Å². The number of carbonyl (C=O) groups excluding carboxylic acids is 1. The molecule has 17 heavy (non-hydrogen) atoms. The van der Waals surface area contributed by atoms with Gasteiger partial charge in [0.1, 0.15) is 0 Å². The first-order chi connectivity index (χ1) is 7.88. The Labute approximate surface area is 101 Å². The van der Waals surface area contributed by atoms with E-state index in [0.29, 0.717) is 12.5 Å². The van der Waals surface area contributed by atoms with E-state index in [4.69, 9.17) is 10.2 Å². The van der Waals surface area contributed by atoms with Crippen LogP contribution in [0, 0.1) is 11.8 Å². The molecule has 0 radical (unpaired) electrons. The Kier molecular flexibility index (Phi) is 4.93. The fourth-order valence-corrected chi connectivity index (χ4v) is 2.16. The van der Waals surface area contributed by atoms with Gasteiger partial charge in [-0.15, -0.1) is 0 Å². The second-order valence-electron chi connectivity index (χ2n) is 5.17. The zero-order valence-corrected chi connectivity index (χ0v) is 10.4. The van der Waals surface area contributed by atoms with Gasteiger partial charge in [0.15, 0.2) is 0 Å². The van der Waals surface area contributed by atoms with Crippen molar-refractivity contribution in [2.75, 3.05) is 13.6 Å². The molecule has 1 saturated carbocycles. The van der Waals surface area contributed by atoms with Crippen LogP contribution in [0.4, 0.5) is 0 Å². The SMILES string of the molecule is CC(CC(=O)O)CC(=O)N(C)CC1CC(O)C1. The zero-order valence-electron chi connectivity index (χ0n) is 10.4. The Bertz CT molecular complexity index is 286. The summed E-state index contributed by atoms with van der Waals surface area (Å²) in [4.78, 5) is 23.9. The Hall–Kier alpha value is -1.10. The molecule has 0 aromatic carbocycles. The summed E-state index contributed by atoms with van der Waals surface area (Å²) in [6, 6.07) is 0. The molecular formula is C12H21NO4. The van der Waals surface area contributed by atoms with Crippen LogP contribution < -0.4 is 0 Å². The number of nitrogens with zero attached hydrogens (tertiary/aromatic N) is 1. The van der Waals surface area contributed by atoms with Gasteiger partial charge in [-0.25, -0.2) is 0 Å². The van der Waals surface area contributed by atoms with Crippen molar-refractivity contribution in [1.29, 1.82) is 0 Å². The van der Waals surface area contributed by atoms with Gasteiger partial charge >= 0.3 is 5.97 Å². The normalized spacial score (nSPS) is 24.9. The minimum atomic E-state index is -0.866. The third-order valence-electron chi connectivity index (χ3n) is 3.21. The number of amides is 1. The monoisotopic (exact) mass is 243 g/mol. The highest BCUT2D eigenvalue weighted by Gasteiger charge is 2.29. The molecule has 1 aliphatic carbocycles. The second kappa shape index (κ2) is 6.00. The van der Waals surface area contributed by atoms with Crippen molar-refractivity contribution >= 4 is 11.9 Å². The van der Waals surface area contributed by atoms with E-state index in [9.17, 15) is 9.59 Å². The molecule has 0 aromatic heterocycles. The molecule has 0 spiro atoms. The topological polar surface area (TPSA) is 77.8 Å². The van der Waals surface area contributed by atoms with Crippen molar-refractivity contribution in [1.82, 2.24) is 4.90 Å². The van der Waals surface area contributed by atoms with Crippen LogP contribution in [-0.2, 0) is 9.59 Å². The predicted octanol–water partition coefficient (Wildman–Crippen LogP) is 0.717. The number of aliphatic hydroxyl groups excluding tert-OH is 1. The van der Waals surface area contributed by atoms with Crippen molar-refractivity contribution < 1.29 is 19.8 Å². The maximum atomic E-state index is 11.8. The molecule has 5 nitrogen and oxygen atoms in total. The Balaban J connectivity index is 2.24. The quantitative estimate of drug-likeness (QED) is 0.720. The van der Waals surface area contributed by atoms with Crippen LogP contribution >= 0.6 is 0 Å². The van der Waals surface area contributed by atoms with Crippen LogP contribution in [0.15, 0.2) is 0 Å². The standard InChI is InChI=1S/C12H21NO4/c1-8(4-12(16)17)3-11(15)13(2)7-9-5-10(14)6-9/h8-10,14H,3-7H2,1-2H3,(H,16,17). The lowest BCUT2D eigenvalue weighted by molar-refractivity contribution is -0.138. The lowest BCUT2D eigenvalue weighted by atomic mass is 9.82. The Morgan fingerprint density at radius 3 is 2.41 bits per heavy atom. The van der Waals surface area contributed by atoms with Crippen molar-refractivity contribution in [2.24, 2.45) is 11.8 Å². The summed E-state index contributed by atoms with van der Waals surface area (Å²) in [5.41, 5.74) is 0. The van der Waals surface area contributed by atoms with Crippen molar-refractivity contribution in [3.05, 3.63) is 0 Å². The first kappa shape index (κ1) is 14.0. The predicted molar refractivity (Wildman–Crippen MR) is 62.4 cm³/mol. The number of carboxylic acids is 1. The number of rotatable bonds is 6. The molecule has 98 valence electrons. The van der Waals surface area contributed by atoms with Crippen molar-refractivity contribution in [3.8, 4) is 0 Å². The molecule has 0 heterocycles. The highest BCUT2D eigenvalue weighted by Crippen LogP contribution is 2.27. The van der Waals surface area contributed by atoms with Crippen LogP contribution in [0.5, 0.6) is 0 Å². The molecule has 1 rings (SSSR count). The minimum Gasteiger partial charge on any atom is -0.481 e.